The van der Waals surface area contributed by atoms with Gasteiger partial charge >= 0.3 is 53.7 Å². The molecule has 19 nitrogen and oxygen atoms in total. The van der Waals surface area contributed by atoms with Crippen LogP contribution in [-0.2, 0) is 90.5 Å². The largest absolute Gasteiger partial charge is 0.469 e. The number of fused-ring (bicyclic) bond motifs is 19. The van der Waals surface area contributed by atoms with E-state index in [0.29, 0.717) is 78.7 Å². The van der Waals surface area contributed by atoms with Gasteiger partial charge in [-0.05, 0) is 223 Å². The first-order chi connectivity index (χ1) is 43.3. The second-order valence-electron chi connectivity index (χ2n) is 31.7. The van der Waals surface area contributed by atoms with Crippen molar-refractivity contribution in [2.75, 3.05) is 61.0 Å². The van der Waals surface area contributed by atoms with Crippen LogP contribution in [0.4, 0.5) is 0 Å². The fourth-order valence-electron chi connectivity index (χ4n) is 18.2. The zero-order chi connectivity index (χ0) is 67.9. The minimum atomic E-state index is -0.462. The van der Waals surface area contributed by atoms with Gasteiger partial charge in [0.25, 0.3) is 0 Å². The van der Waals surface area contributed by atoms with Gasteiger partial charge in [-0.15, -0.1) is 0 Å². The van der Waals surface area contributed by atoms with Crippen molar-refractivity contribution in [1.82, 2.24) is 0 Å². The molecule has 0 aromatic carbocycles. The van der Waals surface area contributed by atoms with E-state index in [9.17, 15) is 43.2 Å². The number of hydrogen-bond acceptors (Lipinski definition) is 19. The molecule has 0 amide bonds. The molecule has 0 aromatic rings. The third-order valence-electron chi connectivity index (χ3n) is 24.8. The minimum Gasteiger partial charge on any atom is -0.469 e. The Labute approximate surface area is 549 Å². The number of hydrogen-bond donors (Lipinski definition) is 0. The maximum absolute atomic E-state index is 11.8. The lowest BCUT2D eigenvalue weighted by Gasteiger charge is -2.38. The molecular formula is C73H116O19. The standard InChI is InChI=1S/C14H18O2.C10H18O4.C10H14O2.C9H18O3.2C8H10O2.2C7H14O2/c15-14-13-9-4-8(10(13)5-16-14)11-6-1-2-7(3-6)12(9)11;1-5-10(3,4)9(12)14-7-6-13-8(2)11;1-5-2-6-3-7(5)8-4-12-10(11)9(6)8;1-5-9(2,3)8(10)12-7-6-11-4;2*9-8-6-2-4-1-5(6)7(3-4)10-8;2*1-5-7(2,3)6(8)9-4/h6-13H,1-5H2;5-7H2,1-4H3;5-9H,2-4H2,1H3;5-7H2,1-4H3;2*4-7H,1-3H2;2*5H2,1-4H3. The third-order valence-corrected chi connectivity index (χ3v) is 24.8. The molecule has 10 saturated carbocycles. The van der Waals surface area contributed by atoms with Crippen LogP contribution in [0.25, 0.3) is 0 Å². The van der Waals surface area contributed by atoms with Crippen LogP contribution in [0.15, 0.2) is 0 Å². The molecule has 0 spiro atoms. The summed E-state index contributed by atoms with van der Waals surface area (Å²) >= 11 is 0. The molecule has 21 unspecified atom stereocenters. The summed E-state index contributed by atoms with van der Waals surface area (Å²) in [6.07, 6.45) is 19.3. The summed E-state index contributed by atoms with van der Waals surface area (Å²) in [6.45, 7) is 28.9. The van der Waals surface area contributed by atoms with Gasteiger partial charge in [0.1, 0.15) is 32.0 Å². The first-order valence-electron chi connectivity index (χ1n) is 35.2. The number of esters is 9. The van der Waals surface area contributed by atoms with Gasteiger partial charge in [0.2, 0.25) is 0 Å². The molecule has 10 aliphatic carbocycles. The van der Waals surface area contributed by atoms with E-state index < -0.39 is 5.41 Å². The van der Waals surface area contributed by atoms with Gasteiger partial charge in [-0.3, -0.25) is 43.2 Å². The van der Waals surface area contributed by atoms with Crippen LogP contribution in [0.3, 0.4) is 0 Å². The van der Waals surface area contributed by atoms with Crippen molar-refractivity contribution in [1.29, 1.82) is 0 Å². The quantitative estimate of drug-likeness (QED) is 0.0679. The Bertz CT molecular complexity index is 2510. The number of methoxy groups -OCH3 is 3. The van der Waals surface area contributed by atoms with Crippen molar-refractivity contribution < 1.29 is 90.5 Å². The lowest BCUT2D eigenvalue weighted by molar-refractivity contribution is -0.158. The smallest absolute Gasteiger partial charge is 0.311 e. The Morgan fingerprint density at radius 1 is 0.424 bits per heavy atom. The van der Waals surface area contributed by atoms with Crippen molar-refractivity contribution >= 4 is 53.7 Å². The highest BCUT2D eigenvalue weighted by molar-refractivity contribution is 5.79. The molecule has 4 saturated heterocycles. The maximum Gasteiger partial charge on any atom is 0.311 e. The van der Waals surface area contributed by atoms with Crippen LogP contribution >= 0.6 is 0 Å². The molecule has 4 heterocycles. The molecule has 14 rings (SSSR count). The van der Waals surface area contributed by atoms with Crippen molar-refractivity contribution in [3.05, 3.63) is 0 Å². The molecule has 92 heavy (non-hydrogen) atoms. The molecule has 0 radical (unpaired) electrons. The Kier molecular flexibility index (Phi) is 25.4. The SMILES string of the molecule is CC1CC2CC1C1COC(=O)C21.CCC(C)(C)C(=O)OC.CCC(C)(C)C(=O)OC.CCC(C)(C)C(=O)OCCOC.CCC(C)(C)C(=O)OCCOC(C)=O.O=C1OC2CC3CC1C2C3.O=C1OC2CC3CC1C2C3.O=C1OCC2C3CC(C12)C1C2CCC(C2)C31. The van der Waals surface area contributed by atoms with Gasteiger partial charge in [0, 0.05) is 37.7 Å². The van der Waals surface area contributed by atoms with Crippen LogP contribution in [0, 0.1) is 134 Å². The predicted molar refractivity (Wildman–Crippen MR) is 340 cm³/mol. The number of rotatable bonds is 14. The van der Waals surface area contributed by atoms with Gasteiger partial charge < -0.3 is 47.4 Å². The molecule has 522 valence electrons. The molecule has 4 aliphatic heterocycles. The number of carbonyl (C=O) groups is 9. The van der Waals surface area contributed by atoms with Crippen LogP contribution < -0.4 is 0 Å². The zero-order valence-corrected chi connectivity index (χ0v) is 58.9. The molecular weight excluding hydrogens is 1180 g/mol. The monoisotopic (exact) mass is 1300 g/mol. The van der Waals surface area contributed by atoms with Gasteiger partial charge in [0.05, 0.1) is 79.4 Å². The summed E-state index contributed by atoms with van der Waals surface area (Å²) in [5.74, 6) is 12.6. The van der Waals surface area contributed by atoms with E-state index in [1.54, 1.807) is 7.11 Å². The van der Waals surface area contributed by atoms with Gasteiger partial charge in [-0.2, -0.15) is 0 Å². The summed E-state index contributed by atoms with van der Waals surface area (Å²) < 4.78 is 49.3. The number of carbonyl (C=O) groups excluding carboxylic acids is 9. The van der Waals surface area contributed by atoms with Crippen LogP contribution in [-0.4, -0.2) is 127 Å². The predicted octanol–water partition coefficient (Wildman–Crippen LogP) is 11.8. The molecule has 0 aromatic heterocycles. The van der Waals surface area contributed by atoms with Crippen molar-refractivity contribution in [3.8, 4) is 0 Å². The Balaban J connectivity index is 0.000000150. The molecule has 10 bridgehead atoms. The second-order valence-corrected chi connectivity index (χ2v) is 31.7. The summed E-state index contributed by atoms with van der Waals surface area (Å²) in [5, 5.41) is 0. The van der Waals surface area contributed by atoms with E-state index >= 15 is 0 Å². The van der Waals surface area contributed by atoms with E-state index in [2.05, 4.69) is 21.1 Å². The first kappa shape index (κ1) is 74.6. The molecule has 14 fully saturated rings. The normalized spacial score (nSPS) is 36.0. The topological polar surface area (TPSA) is 246 Å². The lowest BCUT2D eigenvalue weighted by atomic mass is 9.64. The average Bonchev–Trinajstić information content (AvgIpc) is 1.54. The lowest BCUT2D eigenvalue weighted by Crippen LogP contribution is -2.38. The Hall–Kier alpha value is -4.81. The van der Waals surface area contributed by atoms with E-state index in [1.165, 1.54) is 72.5 Å². The highest BCUT2D eigenvalue weighted by Crippen LogP contribution is 2.71. The van der Waals surface area contributed by atoms with Gasteiger partial charge in [-0.1, -0.05) is 34.6 Å². The van der Waals surface area contributed by atoms with Crippen molar-refractivity contribution in [3.63, 3.8) is 0 Å². The van der Waals surface area contributed by atoms with Crippen LogP contribution in [0.1, 0.15) is 200 Å². The highest BCUT2D eigenvalue weighted by Gasteiger charge is 2.69. The van der Waals surface area contributed by atoms with Crippen LogP contribution in [0.2, 0.25) is 0 Å². The minimum absolute atomic E-state index is 0.0926. The summed E-state index contributed by atoms with van der Waals surface area (Å²) in [6, 6.07) is 0. The summed E-state index contributed by atoms with van der Waals surface area (Å²) in [7, 11) is 4.41. The van der Waals surface area contributed by atoms with Crippen LogP contribution in [0.5, 0.6) is 0 Å². The summed E-state index contributed by atoms with van der Waals surface area (Å²) in [5.41, 5.74) is -1.45. The number of ether oxygens (including phenoxy) is 10. The van der Waals surface area contributed by atoms with Gasteiger partial charge in [0.15, 0.2) is 0 Å². The zero-order valence-electron chi connectivity index (χ0n) is 58.9. The second kappa shape index (κ2) is 31.4. The number of cyclic esters (lactones) is 2. The summed E-state index contributed by atoms with van der Waals surface area (Å²) in [4.78, 5) is 100. The van der Waals surface area contributed by atoms with Crippen molar-refractivity contribution in [2.24, 2.45) is 134 Å². The van der Waals surface area contributed by atoms with E-state index in [1.807, 2.05) is 83.1 Å². The average molecular weight is 1300 g/mol. The third kappa shape index (κ3) is 16.7. The molecule has 19 heteroatoms. The van der Waals surface area contributed by atoms with Crippen molar-refractivity contribution in [2.45, 2.75) is 212 Å². The van der Waals surface area contributed by atoms with E-state index in [0.717, 1.165) is 124 Å². The highest BCUT2D eigenvalue weighted by atomic mass is 16.6. The fraction of sp³-hybridized carbons (Fsp3) is 0.877. The first-order valence-corrected chi connectivity index (χ1v) is 35.2. The Morgan fingerprint density at radius 2 is 0.837 bits per heavy atom. The van der Waals surface area contributed by atoms with Gasteiger partial charge in [-0.25, -0.2) is 0 Å². The fourth-order valence-corrected chi connectivity index (χ4v) is 18.2. The van der Waals surface area contributed by atoms with E-state index in [4.69, 9.17) is 33.2 Å². The maximum atomic E-state index is 11.8. The molecule has 21 atom stereocenters. The molecule has 0 N–H and O–H groups in total. The molecule has 14 aliphatic rings. The van der Waals surface area contributed by atoms with E-state index in [-0.39, 0.29) is 83.2 Å². The Morgan fingerprint density at radius 3 is 1.23 bits per heavy atom.